The van der Waals surface area contributed by atoms with Gasteiger partial charge in [-0.3, -0.25) is 9.59 Å². The summed E-state index contributed by atoms with van der Waals surface area (Å²) in [6.45, 7) is 1.26. The quantitative estimate of drug-likeness (QED) is 0.530. The molecule has 104 valence electrons. The minimum absolute atomic E-state index is 0.425. The van der Waals surface area contributed by atoms with E-state index in [-0.39, 0.29) is 0 Å². The summed E-state index contributed by atoms with van der Waals surface area (Å²) in [5.41, 5.74) is 0. The van der Waals surface area contributed by atoms with Crippen LogP contribution in [0.4, 0.5) is 4.79 Å². The fourth-order valence-corrected chi connectivity index (χ4v) is 1.38. The molecule has 0 fully saturated rings. The van der Waals surface area contributed by atoms with Crippen LogP contribution in [0.25, 0.3) is 0 Å². The fraction of sp³-hybridized carbons (Fsp3) is 0.727. The van der Waals surface area contributed by atoms with E-state index in [9.17, 15) is 14.4 Å². The van der Waals surface area contributed by atoms with Crippen molar-refractivity contribution >= 4 is 18.0 Å². The predicted octanol–water partition coefficient (Wildman–Crippen LogP) is 0.747. The summed E-state index contributed by atoms with van der Waals surface area (Å²) >= 11 is 0. The summed E-state index contributed by atoms with van der Waals surface area (Å²) in [4.78, 5) is 33.3. The average molecular weight is 260 g/mol. The number of nitrogens with one attached hydrogen (secondary N) is 1. The summed E-state index contributed by atoms with van der Waals surface area (Å²) in [6.07, 6.45) is 3.93. The average Bonchev–Trinajstić information content (AvgIpc) is 2.26. The minimum atomic E-state index is -1.24. The standard InChI is InChI=1S/C11H20N2O5/c1-2-3-4-5-6-12-11(18)13(7-9(14)15)8-10(16)17/h2-8H2,1H3,(H,12,18)(H,14,15)(H,16,17). The molecular formula is C11H20N2O5. The Hall–Kier alpha value is -1.79. The Labute approximate surface area is 106 Å². The molecule has 3 N–H and O–H groups in total. The normalized spacial score (nSPS) is 9.83. The summed E-state index contributed by atoms with van der Waals surface area (Å²) in [7, 11) is 0. The van der Waals surface area contributed by atoms with E-state index in [4.69, 9.17) is 10.2 Å². The maximum Gasteiger partial charge on any atom is 0.323 e. The molecule has 7 nitrogen and oxygen atoms in total. The first-order chi connectivity index (χ1) is 8.47. The van der Waals surface area contributed by atoms with Crippen LogP contribution in [-0.2, 0) is 9.59 Å². The van der Waals surface area contributed by atoms with Crippen LogP contribution in [0.5, 0.6) is 0 Å². The van der Waals surface area contributed by atoms with Gasteiger partial charge in [0.1, 0.15) is 13.1 Å². The van der Waals surface area contributed by atoms with E-state index < -0.39 is 31.1 Å². The monoisotopic (exact) mass is 260 g/mol. The number of amides is 2. The van der Waals surface area contributed by atoms with Gasteiger partial charge in [-0.15, -0.1) is 0 Å². The first-order valence-electron chi connectivity index (χ1n) is 5.93. The summed E-state index contributed by atoms with van der Waals surface area (Å²) in [5, 5.41) is 19.7. The van der Waals surface area contributed by atoms with Gasteiger partial charge in [0.15, 0.2) is 0 Å². The number of carboxylic acids is 2. The topological polar surface area (TPSA) is 107 Å². The third-order valence-electron chi connectivity index (χ3n) is 2.25. The Morgan fingerprint density at radius 3 is 2.00 bits per heavy atom. The Kier molecular flexibility index (Phi) is 8.34. The molecule has 7 heteroatoms. The van der Waals surface area contributed by atoms with Crippen LogP contribution in [0.15, 0.2) is 0 Å². The van der Waals surface area contributed by atoms with Gasteiger partial charge in [-0.1, -0.05) is 26.2 Å². The number of unbranched alkanes of at least 4 members (excludes halogenated alkanes) is 3. The Bertz CT molecular complexity index is 277. The lowest BCUT2D eigenvalue weighted by Gasteiger charge is -2.18. The van der Waals surface area contributed by atoms with Crippen molar-refractivity contribution in [3.8, 4) is 0 Å². The third-order valence-corrected chi connectivity index (χ3v) is 2.25. The van der Waals surface area contributed by atoms with Gasteiger partial charge < -0.3 is 20.4 Å². The van der Waals surface area contributed by atoms with Crippen molar-refractivity contribution in [1.82, 2.24) is 10.2 Å². The Morgan fingerprint density at radius 2 is 1.56 bits per heavy atom. The van der Waals surface area contributed by atoms with Gasteiger partial charge in [-0.05, 0) is 6.42 Å². The molecule has 0 radical (unpaired) electrons. The van der Waals surface area contributed by atoms with E-state index in [1.54, 1.807) is 0 Å². The molecule has 0 rings (SSSR count). The number of carboxylic acid groups (broad SMARTS) is 2. The second kappa shape index (κ2) is 9.26. The summed E-state index contributed by atoms with van der Waals surface area (Å²) in [6, 6.07) is -0.656. The molecule has 0 saturated heterocycles. The molecule has 0 spiro atoms. The molecule has 0 aromatic heterocycles. The molecule has 18 heavy (non-hydrogen) atoms. The molecule has 0 aromatic rings. The van der Waals surface area contributed by atoms with Crippen molar-refractivity contribution in [3.05, 3.63) is 0 Å². The van der Waals surface area contributed by atoms with Crippen molar-refractivity contribution < 1.29 is 24.6 Å². The first-order valence-corrected chi connectivity index (χ1v) is 5.93. The first kappa shape index (κ1) is 16.2. The van der Waals surface area contributed by atoms with Gasteiger partial charge in [0.25, 0.3) is 0 Å². The maximum atomic E-state index is 11.5. The number of aliphatic carboxylic acids is 2. The maximum absolute atomic E-state index is 11.5. The van der Waals surface area contributed by atoms with Crippen molar-refractivity contribution in [2.45, 2.75) is 32.6 Å². The van der Waals surface area contributed by atoms with Gasteiger partial charge in [-0.25, -0.2) is 4.79 Å². The molecule has 0 atom stereocenters. The predicted molar refractivity (Wildman–Crippen MR) is 64.4 cm³/mol. The molecule has 0 saturated carbocycles. The molecular weight excluding hydrogens is 240 g/mol. The second-order valence-electron chi connectivity index (χ2n) is 3.94. The van der Waals surface area contributed by atoms with Gasteiger partial charge in [0.05, 0.1) is 0 Å². The number of nitrogens with zero attached hydrogens (tertiary/aromatic N) is 1. The van der Waals surface area contributed by atoms with E-state index in [2.05, 4.69) is 12.2 Å². The highest BCUT2D eigenvalue weighted by molar-refractivity contribution is 5.84. The largest absolute Gasteiger partial charge is 0.480 e. The molecule has 0 unspecified atom stereocenters. The van der Waals surface area contributed by atoms with Crippen LogP contribution < -0.4 is 5.32 Å². The molecule has 0 aliphatic rings. The molecule has 0 bridgehead atoms. The highest BCUT2D eigenvalue weighted by Crippen LogP contribution is 1.98. The van der Waals surface area contributed by atoms with E-state index in [1.165, 1.54) is 0 Å². The lowest BCUT2D eigenvalue weighted by molar-refractivity contribution is -0.140. The second-order valence-corrected chi connectivity index (χ2v) is 3.94. The van der Waals surface area contributed by atoms with E-state index in [1.807, 2.05) is 0 Å². The zero-order valence-corrected chi connectivity index (χ0v) is 10.5. The van der Waals surface area contributed by atoms with Crippen molar-refractivity contribution in [3.63, 3.8) is 0 Å². The number of carbonyl (C=O) groups excluding carboxylic acids is 1. The zero-order valence-electron chi connectivity index (χ0n) is 10.5. The number of urea groups is 1. The molecule has 0 aliphatic carbocycles. The van der Waals surface area contributed by atoms with Crippen molar-refractivity contribution in [2.24, 2.45) is 0 Å². The van der Waals surface area contributed by atoms with Crippen molar-refractivity contribution in [2.75, 3.05) is 19.6 Å². The van der Waals surface area contributed by atoms with Crippen LogP contribution >= 0.6 is 0 Å². The van der Waals surface area contributed by atoms with E-state index in [0.29, 0.717) is 6.54 Å². The van der Waals surface area contributed by atoms with Crippen LogP contribution in [-0.4, -0.2) is 52.7 Å². The SMILES string of the molecule is CCCCCCNC(=O)N(CC(=O)O)CC(=O)O. The van der Waals surface area contributed by atoms with Gasteiger partial charge in [0.2, 0.25) is 0 Å². The molecule has 0 aliphatic heterocycles. The van der Waals surface area contributed by atoms with Gasteiger partial charge in [-0.2, -0.15) is 0 Å². The van der Waals surface area contributed by atoms with Crippen LogP contribution in [0.2, 0.25) is 0 Å². The summed E-state index contributed by atoms with van der Waals surface area (Å²) in [5.74, 6) is -2.48. The van der Waals surface area contributed by atoms with Gasteiger partial charge >= 0.3 is 18.0 Å². The number of carbonyl (C=O) groups is 3. The highest BCUT2D eigenvalue weighted by Gasteiger charge is 2.18. The number of hydrogen-bond acceptors (Lipinski definition) is 3. The number of hydrogen-bond donors (Lipinski definition) is 3. The summed E-state index contributed by atoms with van der Waals surface area (Å²) < 4.78 is 0. The smallest absolute Gasteiger partial charge is 0.323 e. The highest BCUT2D eigenvalue weighted by atomic mass is 16.4. The van der Waals surface area contributed by atoms with E-state index in [0.717, 1.165) is 30.6 Å². The fourth-order valence-electron chi connectivity index (χ4n) is 1.38. The van der Waals surface area contributed by atoms with Crippen LogP contribution in [0, 0.1) is 0 Å². The zero-order chi connectivity index (χ0) is 14.0. The lowest BCUT2D eigenvalue weighted by atomic mass is 10.2. The Morgan fingerprint density at radius 1 is 1.00 bits per heavy atom. The molecule has 0 heterocycles. The lowest BCUT2D eigenvalue weighted by Crippen LogP contribution is -2.45. The van der Waals surface area contributed by atoms with Gasteiger partial charge in [0, 0.05) is 6.54 Å². The van der Waals surface area contributed by atoms with Crippen LogP contribution in [0.1, 0.15) is 32.6 Å². The molecule has 2 amide bonds. The third kappa shape index (κ3) is 8.37. The van der Waals surface area contributed by atoms with Crippen LogP contribution in [0.3, 0.4) is 0 Å². The Balaban J connectivity index is 4.04. The number of rotatable bonds is 9. The minimum Gasteiger partial charge on any atom is -0.480 e. The van der Waals surface area contributed by atoms with E-state index >= 15 is 0 Å². The van der Waals surface area contributed by atoms with Crippen molar-refractivity contribution in [1.29, 1.82) is 0 Å². The molecule has 0 aromatic carbocycles.